The van der Waals surface area contributed by atoms with Gasteiger partial charge in [0.25, 0.3) is 0 Å². The molecule has 29 heavy (non-hydrogen) atoms. The minimum Gasteiger partial charge on any atom is -0.493 e. The number of aliphatic hydroxyl groups is 1. The summed E-state index contributed by atoms with van der Waals surface area (Å²) in [5.41, 5.74) is 0. The lowest BCUT2D eigenvalue weighted by atomic mass is 9.90. The van der Waals surface area contributed by atoms with E-state index in [4.69, 9.17) is 32.7 Å². The van der Waals surface area contributed by atoms with Gasteiger partial charge in [0.15, 0.2) is 0 Å². The number of rotatable bonds is 8. The fraction of sp³-hybridized carbons (Fsp3) is 0.476. The van der Waals surface area contributed by atoms with E-state index in [0.717, 1.165) is 17.7 Å². The predicted molar refractivity (Wildman–Crippen MR) is 113 cm³/mol. The maximum absolute atomic E-state index is 14.5. The van der Waals surface area contributed by atoms with Gasteiger partial charge >= 0.3 is 5.97 Å². The van der Waals surface area contributed by atoms with Crippen LogP contribution in [-0.2, 0) is 11.2 Å². The van der Waals surface area contributed by atoms with Gasteiger partial charge in [-0.15, -0.1) is 11.3 Å². The summed E-state index contributed by atoms with van der Waals surface area (Å²) < 4.78 is 25.0. The van der Waals surface area contributed by atoms with Gasteiger partial charge in [0.2, 0.25) is 0 Å². The molecule has 1 unspecified atom stereocenters. The van der Waals surface area contributed by atoms with Crippen molar-refractivity contribution in [3.8, 4) is 5.75 Å². The number of benzene rings is 1. The van der Waals surface area contributed by atoms with E-state index >= 15 is 0 Å². The number of thiophene rings is 1. The van der Waals surface area contributed by atoms with Crippen molar-refractivity contribution in [3.05, 3.63) is 50.1 Å². The predicted octanol–water partition coefficient (Wildman–Crippen LogP) is 5.58. The van der Waals surface area contributed by atoms with Crippen LogP contribution in [0.25, 0.3) is 0 Å². The van der Waals surface area contributed by atoms with Gasteiger partial charge in [-0.1, -0.05) is 23.2 Å². The molecule has 2 aromatic rings. The number of hydrogen-bond acceptors (Lipinski definition) is 5. The lowest BCUT2D eigenvalue weighted by molar-refractivity contribution is 0.0606. The summed E-state index contributed by atoms with van der Waals surface area (Å²) in [4.78, 5) is 13.2. The molecule has 1 aliphatic carbocycles. The van der Waals surface area contributed by atoms with E-state index in [1.807, 2.05) is 6.07 Å². The van der Waals surface area contributed by atoms with Crippen molar-refractivity contribution < 1.29 is 23.8 Å². The molecule has 1 aliphatic rings. The highest BCUT2D eigenvalue weighted by molar-refractivity contribution is 7.13. The molecule has 1 N–H and O–H groups in total. The van der Waals surface area contributed by atoms with E-state index in [0.29, 0.717) is 27.1 Å². The number of methoxy groups -OCH3 is 1. The van der Waals surface area contributed by atoms with Crippen LogP contribution in [-0.4, -0.2) is 37.1 Å². The molecule has 1 fully saturated rings. The Labute approximate surface area is 183 Å². The molecule has 8 heteroatoms. The summed E-state index contributed by atoms with van der Waals surface area (Å²) in [5.74, 6) is -0.413. The summed E-state index contributed by atoms with van der Waals surface area (Å²) in [7, 11) is 1.36. The van der Waals surface area contributed by atoms with Gasteiger partial charge in [0.05, 0.1) is 19.8 Å². The second-order valence-electron chi connectivity index (χ2n) is 7.21. The third kappa shape index (κ3) is 5.85. The fourth-order valence-electron chi connectivity index (χ4n) is 3.80. The average Bonchev–Trinajstić information content (AvgIpc) is 3.23. The molecule has 0 aliphatic heterocycles. The van der Waals surface area contributed by atoms with Crippen LogP contribution in [0.3, 0.4) is 0 Å². The van der Waals surface area contributed by atoms with E-state index in [1.165, 1.54) is 18.4 Å². The normalized spacial score (nSPS) is 23.9. The Balaban J connectivity index is 1.55. The molecule has 0 radical (unpaired) electrons. The number of aryl methyl sites for hydroxylation is 1. The number of hydrogen-bond donors (Lipinski definition) is 1. The van der Waals surface area contributed by atoms with Crippen molar-refractivity contribution in [1.29, 1.82) is 0 Å². The lowest BCUT2D eigenvalue weighted by Crippen LogP contribution is -2.27. The maximum atomic E-state index is 14.5. The fourth-order valence-corrected chi connectivity index (χ4v) is 5.28. The molecule has 0 saturated heterocycles. The molecular weight excluding hydrogens is 438 g/mol. The highest BCUT2D eigenvalue weighted by atomic mass is 35.5. The zero-order chi connectivity index (χ0) is 21.0. The Morgan fingerprint density at radius 1 is 1.24 bits per heavy atom. The lowest BCUT2D eigenvalue weighted by Gasteiger charge is -2.23. The number of carbonyl (C=O) groups is 1. The number of halogens is 3. The quantitative estimate of drug-likeness (QED) is 0.522. The molecule has 4 nitrogen and oxygen atoms in total. The SMILES string of the molecule is COC(=O)c1ccc(CCCC2[C@H](F)C[C@@H](O)[C@@H]2COc2cc(Cl)cc(Cl)c2)s1. The van der Waals surface area contributed by atoms with Crippen LogP contribution < -0.4 is 4.74 Å². The van der Waals surface area contributed by atoms with E-state index in [1.54, 1.807) is 24.3 Å². The van der Waals surface area contributed by atoms with E-state index in [9.17, 15) is 14.3 Å². The van der Waals surface area contributed by atoms with E-state index in [2.05, 4.69) is 0 Å². The molecule has 1 saturated carbocycles. The summed E-state index contributed by atoms with van der Waals surface area (Å²) in [5, 5.41) is 11.2. The molecule has 0 spiro atoms. The van der Waals surface area contributed by atoms with Gasteiger partial charge in [-0.2, -0.15) is 0 Å². The smallest absolute Gasteiger partial charge is 0.348 e. The third-order valence-electron chi connectivity index (χ3n) is 5.26. The minimum atomic E-state index is -1.06. The molecule has 1 aromatic carbocycles. The molecule has 1 heterocycles. The first-order valence-corrected chi connectivity index (χ1v) is 11.0. The molecular formula is C21H23Cl2FO4S. The van der Waals surface area contributed by atoms with Crippen molar-refractivity contribution in [2.24, 2.45) is 11.8 Å². The second kappa shape index (κ2) is 10.1. The number of alkyl halides is 1. The largest absolute Gasteiger partial charge is 0.493 e. The Morgan fingerprint density at radius 2 is 1.97 bits per heavy atom. The monoisotopic (exact) mass is 460 g/mol. The van der Waals surface area contributed by atoms with E-state index in [-0.39, 0.29) is 30.8 Å². The van der Waals surface area contributed by atoms with Crippen molar-refractivity contribution >= 4 is 40.5 Å². The summed E-state index contributed by atoms with van der Waals surface area (Å²) in [6.07, 6.45) is 0.471. The van der Waals surface area contributed by atoms with Crippen LogP contribution >= 0.6 is 34.5 Å². The highest BCUT2D eigenvalue weighted by Crippen LogP contribution is 2.39. The molecule has 3 rings (SSSR count). The first-order valence-electron chi connectivity index (χ1n) is 9.45. The molecule has 0 amide bonds. The Hall–Kier alpha value is -1.34. The van der Waals surface area contributed by atoms with Crippen LogP contribution in [0.2, 0.25) is 10.0 Å². The van der Waals surface area contributed by atoms with Crippen molar-refractivity contribution in [2.75, 3.05) is 13.7 Å². The van der Waals surface area contributed by atoms with E-state index < -0.39 is 12.3 Å². The van der Waals surface area contributed by atoms with Gasteiger partial charge in [-0.25, -0.2) is 9.18 Å². The first-order chi connectivity index (χ1) is 13.9. The molecule has 158 valence electrons. The first kappa shape index (κ1) is 22.3. The van der Waals surface area contributed by atoms with Gasteiger partial charge in [-0.3, -0.25) is 0 Å². The van der Waals surface area contributed by atoms with Crippen LogP contribution in [0, 0.1) is 11.8 Å². The van der Waals surface area contributed by atoms with Gasteiger partial charge < -0.3 is 14.6 Å². The summed E-state index contributed by atoms with van der Waals surface area (Å²) >= 11 is 13.4. The van der Waals surface area contributed by atoms with Gasteiger partial charge in [-0.05, 0) is 55.5 Å². The Bertz CT molecular complexity index is 824. The second-order valence-corrected chi connectivity index (χ2v) is 9.25. The summed E-state index contributed by atoms with van der Waals surface area (Å²) in [6.45, 7) is 0.203. The highest BCUT2D eigenvalue weighted by Gasteiger charge is 2.42. The Morgan fingerprint density at radius 3 is 2.66 bits per heavy atom. The van der Waals surface area contributed by atoms with Gasteiger partial charge in [0, 0.05) is 27.3 Å². The van der Waals surface area contributed by atoms with Crippen molar-refractivity contribution in [1.82, 2.24) is 0 Å². The molecule has 4 atom stereocenters. The number of aliphatic hydroxyl groups excluding tert-OH is 1. The minimum absolute atomic E-state index is 0.125. The van der Waals surface area contributed by atoms with Crippen LogP contribution in [0.4, 0.5) is 4.39 Å². The summed E-state index contributed by atoms with van der Waals surface area (Å²) in [6, 6.07) is 8.54. The molecule has 0 bridgehead atoms. The maximum Gasteiger partial charge on any atom is 0.348 e. The Kier molecular flexibility index (Phi) is 7.79. The van der Waals surface area contributed by atoms with Crippen LogP contribution in [0.5, 0.6) is 5.75 Å². The molecule has 1 aromatic heterocycles. The van der Waals surface area contributed by atoms with Gasteiger partial charge in [0.1, 0.15) is 16.8 Å². The van der Waals surface area contributed by atoms with Crippen LogP contribution in [0.1, 0.15) is 33.8 Å². The standard InChI is InChI=1S/C21H23Cl2FO4S/c1-27-21(26)20-6-5-15(29-20)3-2-4-16-17(19(25)10-18(16)24)11-28-14-8-12(22)7-13(23)9-14/h5-9,16-19,25H,2-4,10-11H2,1H3/t16?,17-,18-,19-/m1/s1. The van der Waals surface area contributed by atoms with Crippen molar-refractivity contribution in [2.45, 2.75) is 38.0 Å². The van der Waals surface area contributed by atoms with Crippen molar-refractivity contribution in [3.63, 3.8) is 0 Å². The number of esters is 1. The zero-order valence-electron chi connectivity index (χ0n) is 15.9. The average molecular weight is 461 g/mol. The number of ether oxygens (including phenoxy) is 2. The van der Waals surface area contributed by atoms with Crippen LogP contribution in [0.15, 0.2) is 30.3 Å². The zero-order valence-corrected chi connectivity index (χ0v) is 18.3. The topological polar surface area (TPSA) is 55.8 Å². The number of carbonyl (C=O) groups excluding carboxylic acids is 1. The third-order valence-corrected chi connectivity index (χ3v) is 6.82.